The molecule has 0 aromatic rings. The number of esters is 1. The number of hydrogen-bond acceptors (Lipinski definition) is 2. The van der Waals surface area contributed by atoms with Crippen LogP contribution in [0.2, 0.25) is 0 Å². The highest BCUT2D eigenvalue weighted by atomic mass is 16.5. The maximum Gasteiger partial charge on any atom is 0.334 e. The summed E-state index contributed by atoms with van der Waals surface area (Å²) in [5.41, 5.74) is 0. The Hall–Kier alpha value is -2.35. The van der Waals surface area contributed by atoms with Crippen molar-refractivity contribution in [2.45, 2.75) is 64.7 Å². The fourth-order valence-electron chi connectivity index (χ4n) is 2.28. The molecule has 0 rings (SSSR count). The molecular formula is C25H36O2. The Balaban J connectivity index is 3.59. The zero-order chi connectivity index (χ0) is 19.8. The van der Waals surface area contributed by atoms with Crippen LogP contribution in [0.1, 0.15) is 64.7 Å². The Morgan fingerprint density at radius 3 is 1.74 bits per heavy atom. The van der Waals surface area contributed by atoms with Crippen molar-refractivity contribution in [3.05, 3.63) is 85.8 Å². The van der Waals surface area contributed by atoms with Crippen molar-refractivity contribution >= 4 is 5.97 Å². The Morgan fingerprint density at radius 2 is 1.19 bits per heavy atom. The first kappa shape index (κ1) is 24.7. The molecule has 0 unspecified atom stereocenters. The van der Waals surface area contributed by atoms with Crippen LogP contribution in [0, 0.1) is 0 Å². The smallest absolute Gasteiger partial charge is 0.334 e. The van der Waals surface area contributed by atoms with Gasteiger partial charge in [-0.25, -0.2) is 4.79 Å². The summed E-state index contributed by atoms with van der Waals surface area (Å²) in [4.78, 5) is 10.8. The van der Waals surface area contributed by atoms with E-state index in [2.05, 4.69) is 36.5 Å². The third kappa shape index (κ3) is 21.6. The third-order valence-electron chi connectivity index (χ3n) is 3.79. The summed E-state index contributed by atoms with van der Waals surface area (Å²) in [6.45, 7) is 5.57. The van der Waals surface area contributed by atoms with Crippen LogP contribution < -0.4 is 0 Å². The fraction of sp³-hybridized carbons (Fsp3) is 0.400. The van der Waals surface area contributed by atoms with E-state index in [0.717, 1.165) is 6.08 Å². The zero-order valence-corrected chi connectivity index (χ0v) is 16.9. The van der Waals surface area contributed by atoms with Gasteiger partial charge in [0.25, 0.3) is 0 Å². The van der Waals surface area contributed by atoms with E-state index in [-0.39, 0.29) is 0 Å². The van der Waals surface area contributed by atoms with E-state index in [1.165, 1.54) is 64.0 Å². The van der Waals surface area contributed by atoms with Crippen molar-refractivity contribution in [2.24, 2.45) is 0 Å². The van der Waals surface area contributed by atoms with Gasteiger partial charge < -0.3 is 4.74 Å². The van der Waals surface area contributed by atoms with Crippen LogP contribution in [-0.4, -0.2) is 5.97 Å². The molecule has 27 heavy (non-hydrogen) atoms. The number of allylic oxidation sites excluding steroid dienone is 11. The summed E-state index contributed by atoms with van der Waals surface area (Å²) in [6.07, 6.45) is 36.1. The van der Waals surface area contributed by atoms with E-state index >= 15 is 0 Å². The maximum absolute atomic E-state index is 10.8. The van der Waals surface area contributed by atoms with E-state index in [1.807, 2.05) is 36.5 Å². The predicted octanol–water partition coefficient (Wildman–Crippen LogP) is 7.54. The highest BCUT2D eigenvalue weighted by molar-refractivity contribution is 5.81. The molecule has 0 N–H and O–H groups in total. The Labute approximate surface area is 166 Å². The molecule has 0 aliphatic carbocycles. The lowest BCUT2D eigenvalue weighted by Gasteiger charge is -1.99. The van der Waals surface area contributed by atoms with E-state index < -0.39 is 5.97 Å². The first-order valence-corrected chi connectivity index (χ1v) is 10.1. The molecule has 0 radical (unpaired) electrons. The van der Waals surface area contributed by atoms with Crippen LogP contribution >= 0.6 is 0 Å². The Bertz CT molecular complexity index is 531. The topological polar surface area (TPSA) is 26.3 Å². The molecule has 0 atom stereocenters. The molecule has 2 heteroatoms. The van der Waals surface area contributed by atoms with Crippen LogP contribution in [0.15, 0.2) is 85.8 Å². The normalized spacial score (nSPS) is 12.6. The molecule has 0 spiro atoms. The molecule has 0 aliphatic heterocycles. The first-order valence-electron chi connectivity index (χ1n) is 10.1. The van der Waals surface area contributed by atoms with Gasteiger partial charge in [-0.2, -0.15) is 0 Å². The average Bonchev–Trinajstić information content (AvgIpc) is 2.68. The molecule has 0 heterocycles. The van der Waals surface area contributed by atoms with Crippen LogP contribution in [0.4, 0.5) is 0 Å². The van der Waals surface area contributed by atoms with E-state index in [0.29, 0.717) is 0 Å². The molecule has 0 amide bonds. The summed E-state index contributed by atoms with van der Waals surface area (Å²) in [5, 5.41) is 0. The minimum atomic E-state index is -0.461. The minimum Gasteiger partial charge on any atom is -0.431 e. The Kier molecular flexibility index (Phi) is 19.8. The summed E-state index contributed by atoms with van der Waals surface area (Å²) in [7, 11) is 0. The number of ether oxygens (including phenoxy) is 1. The van der Waals surface area contributed by atoms with Gasteiger partial charge in [-0.15, -0.1) is 0 Å². The van der Waals surface area contributed by atoms with Crippen molar-refractivity contribution in [3.8, 4) is 0 Å². The van der Waals surface area contributed by atoms with Crippen molar-refractivity contribution in [1.29, 1.82) is 0 Å². The average molecular weight is 369 g/mol. The molecule has 0 fully saturated rings. The Morgan fingerprint density at radius 1 is 0.704 bits per heavy atom. The lowest BCUT2D eigenvalue weighted by molar-refractivity contribution is -0.132. The summed E-state index contributed by atoms with van der Waals surface area (Å²) >= 11 is 0. The second-order valence-electron chi connectivity index (χ2n) is 6.20. The molecule has 2 nitrogen and oxygen atoms in total. The molecule has 0 bridgehead atoms. The van der Waals surface area contributed by atoms with Crippen LogP contribution in [0.5, 0.6) is 0 Å². The number of carbonyl (C=O) groups is 1. The van der Waals surface area contributed by atoms with E-state index in [9.17, 15) is 4.79 Å². The number of unbranched alkanes of at least 4 members (excludes halogenated alkanes) is 8. The van der Waals surface area contributed by atoms with Gasteiger partial charge in [0.1, 0.15) is 0 Å². The van der Waals surface area contributed by atoms with Crippen LogP contribution in [0.3, 0.4) is 0 Å². The lowest BCUT2D eigenvalue weighted by atomic mass is 10.1. The van der Waals surface area contributed by atoms with Crippen LogP contribution in [0.25, 0.3) is 0 Å². The first-order chi connectivity index (χ1) is 13.3. The van der Waals surface area contributed by atoms with Gasteiger partial charge in [0.15, 0.2) is 0 Å². The quantitative estimate of drug-likeness (QED) is 0.0924. The number of carbonyl (C=O) groups excluding carboxylic acids is 1. The van der Waals surface area contributed by atoms with Gasteiger partial charge >= 0.3 is 5.97 Å². The van der Waals surface area contributed by atoms with Crippen molar-refractivity contribution in [3.63, 3.8) is 0 Å². The third-order valence-corrected chi connectivity index (χ3v) is 3.79. The number of rotatable bonds is 16. The van der Waals surface area contributed by atoms with Gasteiger partial charge in [0.05, 0.1) is 6.26 Å². The highest BCUT2D eigenvalue weighted by Gasteiger charge is 1.90. The molecule has 0 saturated carbocycles. The van der Waals surface area contributed by atoms with Gasteiger partial charge in [-0.1, -0.05) is 119 Å². The second-order valence-corrected chi connectivity index (χ2v) is 6.20. The summed E-state index contributed by atoms with van der Waals surface area (Å²) < 4.78 is 4.69. The van der Waals surface area contributed by atoms with E-state index in [1.54, 1.807) is 12.2 Å². The molecule has 148 valence electrons. The summed E-state index contributed by atoms with van der Waals surface area (Å²) in [5.74, 6) is -0.461. The van der Waals surface area contributed by atoms with Crippen molar-refractivity contribution in [2.75, 3.05) is 0 Å². The SMILES string of the molecule is C=CC(=O)OC=CC=CC=CC=CC=CC=CCCCCCCCCCC. The second kappa shape index (κ2) is 21.7. The highest BCUT2D eigenvalue weighted by Crippen LogP contribution is 2.09. The molecule has 0 saturated heterocycles. The van der Waals surface area contributed by atoms with Crippen molar-refractivity contribution < 1.29 is 9.53 Å². The van der Waals surface area contributed by atoms with E-state index in [4.69, 9.17) is 0 Å². The van der Waals surface area contributed by atoms with Gasteiger partial charge in [0.2, 0.25) is 0 Å². The van der Waals surface area contributed by atoms with Gasteiger partial charge in [-0.05, 0) is 18.9 Å². The van der Waals surface area contributed by atoms with Gasteiger partial charge in [-0.3, -0.25) is 0 Å². The maximum atomic E-state index is 10.8. The van der Waals surface area contributed by atoms with Crippen LogP contribution in [-0.2, 0) is 9.53 Å². The lowest BCUT2D eigenvalue weighted by Crippen LogP contribution is -1.91. The van der Waals surface area contributed by atoms with Crippen molar-refractivity contribution in [1.82, 2.24) is 0 Å². The molecule has 0 aromatic carbocycles. The molecule has 0 aromatic heterocycles. The van der Waals surface area contributed by atoms with Gasteiger partial charge in [0, 0.05) is 6.08 Å². The zero-order valence-electron chi connectivity index (χ0n) is 16.9. The minimum absolute atomic E-state index is 0.461. The summed E-state index contributed by atoms with van der Waals surface area (Å²) in [6, 6.07) is 0. The molecule has 0 aliphatic rings. The monoisotopic (exact) mass is 368 g/mol. The standard InChI is InChI=1S/C25H36O2/c1-3-5-6-7-8-9-10-11-12-13-14-15-16-17-18-19-20-21-22-23-24-27-25(26)4-2/h4,13-24H,2-3,5-12H2,1H3. The fourth-order valence-corrected chi connectivity index (χ4v) is 2.28. The molecular weight excluding hydrogens is 332 g/mol. The largest absolute Gasteiger partial charge is 0.431 e. The predicted molar refractivity (Wildman–Crippen MR) is 118 cm³/mol. The number of hydrogen-bond donors (Lipinski definition) is 0.